The summed E-state index contributed by atoms with van der Waals surface area (Å²) < 4.78 is 5.30. The molecule has 5 nitrogen and oxygen atoms in total. The lowest BCUT2D eigenvalue weighted by molar-refractivity contribution is -0.145. The summed E-state index contributed by atoms with van der Waals surface area (Å²) in [4.78, 5) is 27.4. The number of carbonyl (C=O) groups excluding carboxylic acids is 2. The SMILES string of the molecule is COc1ccccc1[C@H]1NC(=O)CN(Cc2cccs2)C1=O. The van der Waals surface area contributed by atoms with E-state index in [1.807, 2.05) is 29.6 Å². The fourth-order valence-electron chi connectivity index (χ4n) is 2.54. The minimum absolute atomic E-state index is 0.0857. The minimum atomic E-state index is -0.697. The minimum Gasteiger partial charge on any atom is -0.496 e. The predicted molar refractivity (Wildman–Crippen MR) is 83.6 cm³/mol. The molecule has 0 spiro atoms. The molecule has 1 aliphatic rings. The Hall–Kier alpha value is -2.34. The Kier molecular flexibility index (Phi) is 4.11. The highest BCUT2D eigenvalue weighted by Gasteiger charge is 2.35. The molecule has 0 bridgehead atoms. The zero-order valence-electron chi connectivity index (χ0n) is 12.1. The van der Waals surface area contributed by atoms with Gasteiger partial charge < -0.3 is 15.0 Å². The van der Waals surface area contributed by atoms with Crippen molar-refractivity contribution in [1.82, 2.24) is 10.2 Å². The number of nitrogens with zero attached hydrogens (tertiary/aromatic N) is 1. The number of amides is 2. The first kappa shape index (κ1) is 14.6. The number of rotatable bonds is 4. The summed E-state index contributed by atoms with van der Waals surface area (Å²) in [6.07, 6.45) is 0. The molecule has 2 heterocycles. The lowest BCUT2D eigenvalue weighted by Gasteiger charge is -2.33. The van der Waals surface area contributed by atoms with Crippen molar-refractivity contribution in [3.8, 4) is 5.75 Å². The van der Waals surface area contributed by atoms with Crippen molar-refractivity contribution in [2.45, 2.75) is 12.6 Å². The molecule has 1 fully saturated rings. The van der Waals surface area contributed by atoms with E-state index in [-0.39, 0.29) is 18.4 Å². The standard InChI is InChI=1S/C16H16N2O3S/c1-21-13-7-3-2-6-12(13)15-16(20)18(10-14(19)17-15)9-11-5-4-8-22-11/h2-8,15H,9-10H2,1H3,(H,17,19)/t15-/m1/s1. The first-order valence-electron chi connectivity index (χ1n) is 6.92. The maximum atomic E-state index is 12.7. The van der Waals surface area contributed by atoms with Gasteiger partial charge in [0.05, 0.1) is 13.7 Å². The highest BCUT2D eigenvalue weighted by molar-refractivity contribution is 7.09. The van der Waals surface area contributed by atoms with Crippen LogP contribution in [0.1, 0.15) is 16.5 Å². The Morgan fingerprint density at radius 1 is 1.27 bits per heavy atom. The quantitative estimate of drug-likeness (QED) is 0.938. The van der Waals surface area contributed by atoms with Gasteiger partial charge in [0.15, 0.2) is 0 Å². The fourth-order valence-corrected chi connectivity index (χ4v) is 3.26. The highest BCUT2D eigenvalue weighted by atomic mass is 32.1. The largest absolute Gasteiger partial charge is 0.496 e. The maximum absolute atomic E-state index is 12.7. The second kappa shape index (κ2) is 6.19. The van der Waals surface area contributed by atoms with E-state index in [1.54, 1.807) is 35.5 Å². The smallest absolute Gasteiger partial charge is 0.250 e. The number of methoxy groups -OCH3 is 1. The van der Waals surface area contributed by atoms with Gasteiger partial charge in [-0.25, -0.2) is 0 Å². The number of benzene rings is 1. The summed E-state index contributed by atoms with van der Waals surface area (Å²) in [5, 5.41) is 4.72. The van der Waals surface area contributed by atoms with Gasteiger partial charge in [0, 0.05) is 10.4 Å². The summed E-state index contributed by atoms with van der Waals surface area (Å²) in [6, 6.07) is 10.5. The Bertz CT molecular complexity index is 684. The van der Waals surface area contributed by atoms with E-state index < -0.39 is 6.04 Å². The third-order valence-corrected chi connectivity index (χ3v) is 4.44. The number of carbonyl (C=O) groups is 2. The van der Waals surface area contributed by atoms with E-state index in [2.05, 4.69) is 5.32 Å². The van der Waals surface area contributed by atoms with Gasteiger partial charge in [-0.15, -0.1) is 11.3 Å². The monoisotopic (exact) mass is 316 g/mol. The van der Waals surface area contributed by atoms with Gasteiger partial charge in [-0.1, -0.05) is 24.3 Å². The molecule has 2 amide bonds. The second-order valence-electron chi connectivity index (χ2n) is 5.02. The van der Waals surface area contributed by atoms with Gasteiger partial charge in [0.25, 0.3) is 5.91 Å². The van der Waals surface area contributed by atoms with Crippen molar-refractivity contribution in [1.29, 1.82) is 0 Å². The summed E-state index contributed by atoms with van der Waals surface area (Å²) >= 11 is 1.57. The zero-order chi connectivity index (χ0) is 15.5. The van der Waals surface area contributed by atoms with Crippen LogP contribution < -0.4 is 10.1 Å². The number of hydrogen-bond acceptors (Lipinski definition) is 4. The van der Waals surface area contributed by atoms with Crippen LogP contribution in [0.4, 0.5) is 0 Å². The van der Waals surface area contributed by atoms with Crippen molar-refractivity contribution in [2.24, 2.45) is 0 Å². The van der Waals surface area contributed by atoms with Crippen LogP contribution >= 0.6 is 11.3 Å². The summed E-state index contributed by atoms with van der Waals surface area (Å²) in [6.45, 7) is 0.540. The second-order valence-corrected chi connectivity index (χ2v) is 6.05. The van der Waals surface area contributed by atoms with Crippen LogP contribution in [0.25, 0.3) is 0 Å². The molecule has 1 atom stereocenters. The van der Waals surface area contributed by atoms with Crippen molar-refractivity contribution >= 4 is 23.2 Å². The normalized spacial score (nSPS) is 18.2. The molecule has 1 aliphatic heterocycles. The molecule has 1 N–H and O–H groups in total. The van der Waals surface area contributed by atoms with E-state index in [0.29, 0.717) is 17.9 Å². The molecule has 1 aromatic carbocycles. The summed E-state index contributed by atoms with van der Waals surface area (Å²) in [7, 11) is 1.55. The van der Waals surface area contributed by atoms with Crippen LogP contribution in [0, 0.1) is 0 Å². The third-order valence-electron chi connectivity index (χ3n) is 3.58. The first-order chi connectivity index (χ1) is 10.7. The molecule has 0 radical (unpaired) electrons. The van der Waals surface area contributed by atoms with Gasteiger partial charge in [-0.05, 0) is 17.5 Å². The van der Waals surface area contributed by atoms with Gasteiger partial charge >= 0.3 is 0 Å². The Balaban J connectivity index is 1.88. The molecule has 0 aliphatic carbocycles. The molecule has 114 valence electrons. The topological polar surface area (TPSA) is 58.6 Å². The Morgan fingerprint density at radius 3 is 2.82 bits per heavy atom. The van der Waals surface area contributed by atoms with Crippen molar-refractivity contribution in [2.75, 3.05) is 13.7 Å². The molecule has 6 heteroatoms. The van der Waals surface area contributed by atoms with Crippen molar-refractivity contribution in [3.63, 3.8) is 0 Å². The van der Waals surface area contributed by atoms with E-state index in [1.165, 1.54) is 0 Å². The van der Waals surface area contributed by atoms with Crippen LogP contribution in [-0.4, -0.2) is 30.4 Å². The molecular formula is C16H16N2O3S. The molecule has 0 unspecified atom stereocenters. The molecule has 22 heavy (non-hydrogen) atoms. The van der Waals surface area contributed by atoms with Gasteiger partial charge in [0.2, 0.25) is 5.91 Å². The Labute approximate surface area is 132 Å². The number of hydrogen-bond donors (Lipinski definition) is 1. The number of thiophene rings is 1. The number of piperazine rings is 1. The average Bonchev–Trinajstić information content (AvgIpc) is 3.03. The van der Waals surface area contributed by atoms with Gasteiger partial charge in [0.1, 0.15) is 18.3 Å². The van der Waals surface area contributed by atoms with Crippen LogP contribution in [-0.2, 0) is 16.1 Å². The Morgan fingerprint density at radius 2 is 2.09 bits per heavy atom. The van der Waals surface area contributed by atoms with Crippen LogP contribution in [0.3, 0.4) is 0 Å². The van der Waals surface area contributed by atoms with E-state index in [4.69, 9.17) is 4.74 Å². The van der Waals surface area contributed by atoms with E-state index in [9.17, 15) is 9.59 Å². The first-order valence-corrected chi connectivity index (χ1v) is 7.80. The number of nitrogens with one attached hydrogen (secondary N) is 1. The lowest BCUT2D eigenvalue weighted by atomic mass is 10.0. The zero-order valence-corrected chi connectivity index (χ0v) is 12.9. The summed E-state index contributed by atoms with van der Waals surface area (Å²) in [5.74, 6) is 0.323. The third kappa shape index (κ3) is 2.82. The lowest BCUT2D eigenvalue weighted by Crippen LogP contribution is -2.52. The fraction of sp³-hybridized carbons (Fsp3) is 0.250. The maximum Gasteiger partial charge on any atom is 0.250 e. The van der Waals surface area contributed by atoms with E-state index >= 15 is 0 Å². The molecule has 2 aromatic rings. The van der Waals surface area contributed by atoms with Crippen LogP contribution in [0.2, 0.25) is 0 Å². The number of ether oxygens (including phenoxy) is 1. The highest BCUT2D eigenvalue weighted by Crippen LogP contribution is 2.28. The molecular weight excluding hydrogens is 300 g/mol. The average molecular weight is 316 g/mol. The molecule has 1 saturated heterocycles. The predicted octanol–water partition coefficient (Wildman–Crippen LogP) is 1.96. The molecule has 3 rings (SSSR count). The van der Waals surface area contributed by atoms with Crippen molar-refractivity contribution in [3.05, 3.63) is 52.2 Å². The van der Waals surface area contributed by atoms with E-state index in [0.717, 1.165) is 4.88 Å². The van der Waals surface area contributed by atoms with Crippen molar-refractivity contribution < 1.29 is 14.3 Å². The summed E-state index contributed by atoms with van der Waals surface area (Å²) in [5.41, 5.74) is 0.680. The number of para-hydroxylation sites is 1. The van der Waals surface area contributed by atoms with Crippen LogP contribution in [0.5, 0.6) is 5.75 Å². The van der Waals surface area contributed by atoms with Gasteiger partial charge in [-0.3, -0.25) is 9.59 Å². The molecule has 1 aromatic heterocycles. The van der Waals surface area contributed by atoms with Crippen LogP contribution in [0.15, 0.2) is 41.8 Å². The van der Waals surface area contributed by atoms with Gasteiger partial charge in [-0.2, -0.15) is 0 Å². The molecule has 0 saturated carbocycles.